The summed E-state index contributed by atoms with van der Waals surface area (Å²) in [5, 5.41) is 15.8. The number of benzene rings is 1. The number of carboxylic acids is 1. The number of hydrogen-bond donors (Lipinski definition) is 2. The van der Waals surface area contributed by atoms with E-state index in [0.717, 1.165) is 0 Å². The van der Waals surface area contributed by atoms with Gasteiger partial charge in [-0.15, -0.1) is 0 Å². The van der Waals surface area contributed by atoms with Crippen molar-refractivity contribution in [2.75, 3.05) is 25.5 Å². The number of nitrogens with one attached hydrogen (secondary N) is 1. The second kappa shape index (κ2) is 6.75. The molecule has 1 aromatic carbocycles. The van der Waals surface area contributed by atoms with Crippen LogP contribution in [0.25, 0.3) is 11.3 Å². The molecule has 0 radical (unpaired) electrons. The Morgan fingerprint density at radius 2 is 2.00 bits per heavy atom. The fourth-order valence-corrected chi connectivity index (χ4v) is 2.02. The van der Waals surface area contributed by atoms with Gasteiger partial charge in [-0.05, 0) is 0 Å². The number of carbonyl (C=O) groups excluding carboxylic acids is 1. The quantitative estimate of drug-likeness (QED) is 0.841. The number of aromatic nitrogens is 1. The van der Waals surface area contributed by atoms with Gasteiger partial charge in [0.15, 0.2) is 17.1 Å². The third kappa shape index (κ3) is 3.25. The van der Waals surface area contributed by atoms with Crippen molar-refractivity contribution in [2.24, 2.45) is 0 Å². The second-order valence-corrected chi connectivity index (χ2v) is 4.73. The van der Waals surface area contributed by atoms with Crippen molar-refractivity contribution >= 4 is 17.7 Å². The minimum atomic E-state index is -1.12. The smallest absolute Gasteiger partial charge is 0.343 e. The van der Waals surface area contributed by atoms with Gasteiger partial charge in [-0.2, -0.15) is 0 Å². The van der Waals surface area contributed by atoms with Crippen molar-refractivity contribution in [1.29, 1.82) is 0 Å². The van der Waals surface area contributed by atoms with Crippen LogP contribution in [0.1, 0.15) is 16.8 Å². The fourth-order valence-electron chi connectivity index (χ4n) is 2.02. The van der Waals surface area contributed by atoms with Crippen molar-refractivity contribution in [3.05, 3.63) is 35.9 Å². The molecule has 0 fully saturated rings. The fraction of sp³-hybridized carbons (Fsp3) is 0.267. The van der Waals surface area contributed by atoms with E-state index in [2.05, 4.69) is 10.5 Å². The zero-order valence-corrected chi connectivity index (χ0v) is 12.4. The molecule has 0 saturated heterocycles. The topological polar surface area (TPSA) is 95.7 Å². The van der Waals surface area contributed by atoms with Crippen LogP contribution < -0.4 is 10.2 Å². The highest BCUT2D eigenvalue weighted by Crippen LogP contribution is 2.30. The number of aromatic carboxylic acids is 1. The first kappa shape index (κ1) is 15.6. The maximum Gasteiger partial charge on any atom is 0.343 e. The number of amides is 1. The van der Waals surface area contributed by atoms with Gasteiger partial charge in [0.2, 0.25) is 5.91 Å². The van der Waals surface area contributed by atoms with Crippen molar-refractivity contribution in [3.8, 4) is 11.3 Å². The van der Waals surface area contributed by atoms with Crippen LogP contribution in [0.2, 0.25) is 0 Å². The molecular formula is C15H17N3O4. The molecule has 116 valence electrons. The Hall–Kier alpha value is -2.83. The first-order valence-corrected chi connectivity index (χ1v) is 6.74. The summed E-state index contributed by atoms with van der Waals surface area (Å²) >= 11 is 0. The average Bonchev–Trinajstić information content (AvgIpc) is 2.98. The summed E-state index contributed by atoms with van der Waals surface area (Å²) in [5.41, 5.74) is 0.629. The molecule has 0 saturated carbocycles. The van der Waals surface area contributed by atoms with Crippen molar-refractivity contribution in [1.82, 2.24) is 10.5 Å². The van der Waals surface area contributed by atoms with Gasteiger partial charge in [0.05, 0.1) is 0 Å². The van der Waals surface area contributed by atoms with E-state index in [0.29, 0.717) is 12.1 Å². The molecule has 0 spiro atoms. The third-order valence-corrected chi connectivity index (χ3v) is 3.24. The summed E-state index contributed by atoms with van der Waals surface area (Å²) in [4.78, 5) is 24.5. The van der Waals surface area contributed by atoms with Gasteiger partial charge in [-0.3, -0.25) is 4.79 Å². The summed E-state index contributed by atoms with van der Waals surface area (Å²) in [7, 11) is 3.22. The van der Waals surface area contributed by atoms with E-state index in [9.17, 15) is 14.7 Å². The molecule has 7 nitrogen and oxygen atoms in total. The lowest BCUT2D eigenvalue weighted by Crippen LogP contribution is -2.27. The molecule has 2 rings (SSSR count). The van der Waals surface area contributed by atoms with Crippen LogP contribution in [0.15, 0.2) is 34.9 Å². The first-order valence-electron chi connectivity index (χ1n) is 6.74. The van der Waals surface area contributed by atoms with E-state index in [-0.39, 0.29) is 29.5 Å². The Labute approximate surface area is 127 Å². The highest BCUT2D eigenvalue weighted by molar-refractivity contribution is 5.99. The number of carboxylic acid groups (broad SMARTS) is 1. The minimum absolute atomic E-state index is 0.00870. The number of carbonyl (C=O) groups is 2. The number of hydrogen-bond acceptors (Lipinski definition) is 5. The number of nitrogens with zero attached hydrogens (tertiary/aromatic N) is 2. The van der Waals surface area contributed by atoms with Gasteiger partial charge in [-0.25, -0.2) is 4.79 Å². The Morgan fingerprint density at radius 3 is 2.59 bits per heavy atom. The summed E-state index contributed by atoms with van der Waals surface area (Å²) in [6, 6.07) is 8.91. The molecule has 0 unspecified atom stereocenters. The monoisotopic (exact) mass is 303 g/mol. The van der Waals surface area contributed by atoms with E-state index in [1.54, 1.807) is 43.3 Å². The molecule has 0 bridgehead atoms. The molecule has 1 aromatic heterocycles. The molecule has 2 aromatic rings. The van der Waals surface area contributed by atoms with Gasteiger partial charge in [0, 0.05) is 32.6 Å². The van der Waals surface area contributed by atoms with E-state index in [1.165, 1.54) is 0 Å². The molecule has 7 heteroatoms. The lowest BCUT2D eigenvalue weighted by Gasteiger charge is -2.15. The van der Waals surface area contributed by atoms with Gasteiger partial charge in [-0.1, -0.05) is 35.5 Å². The Bertz CT molecular complexity index is 667. The van der Waals surface area contributed by atoms with Crippen LogP contribution >= 0.6 is 0 Å². The molecular weight excluding hydrogens is 286 g/mol. The zero-order chi connectivity index (χ0) is 16.1. The SMILES string of the molecule is CNC(=O)CCN(C)c1noc(-c2ccccc2)c1C(=O)O. The summed E-state index contributed by atoms with van der Waals surface area (Å²) in [6.07, 6.45) is 0.236. The summed E-state index contributed by atoms with van der Waals surface area (Å²) in [5.74, 6) is -0.845. The molecule has 1 heterocycles. The van der Waals surface area contributed by atoms with Crippen LogP contribution in [0, 0.1) is 0 Å². The van der Waals surface area contributed by atoms with E-state index >= 15 is 0 Å². The maximum absolute atomic E-state index is 11.6. The number of rotatable bonds is 6. The molecule has 0 aliphatic heterocycles. The second-order valence-electron chi connectivity index (χ2n) is 4.73. The van der Waals surface area contributed by atoms with Gasteiger partial charge in [0.25, 0.3) is 0 Å². The normalized spacial score (nSPS) is 10.3. The molecule has 1 amide bonds. The third-order valence-electron chi connectivity index (χ3n) is 3.24. The highest BCUT2D eigenvalue weighted by Gasteiger charge is 2.26. The largest absolute Gasteiger partial charge is 0.477 e. The maximum atomic E-state index is 11.6. The summed E-state index contributed by atoms with van der Waals surface area (Å²) < 4.78 is 5.22. The van der Waals surface area contributed by atoms with Crippen LogP contribution in [0.3, 0.4) is 0 Å². The Morgan fingerprint density at radius 1 is 1.32 bits per heavy atom. The highest BCUT2D eigenvalue weighted by atomic mass is 16.5. The average molecular weight is 303 g/mol. The van der Waals surface area contributed by atoms with Gasteiger partial charge in [0.1, 0.15) is 0 Å². The predicted molar refractivity (Wildman–Crippen MR) is 80.9 cm³/mol. The number of anilines is 1. The van der Waals surface area contributed by atoms with Crippen molar-refractivity contribution < 1.29 is 19.2 Å². The van der Waals surface area contributed by atoms with Crippen LogP contribution in [0.4, 0.5) is 5.82 Å². The minimum Gasteiger partial charge on any atom is -0.477 e. The Balaban J connectivity index is 2.31. The van der Waals surface area contributed by atoms with E-state index in [4.69, 9.17) is 4.52 Å². The summed E-state index contributed by atoms with van der Waals surface area (Å²) in [6.45, 7) is 0.334. The molecule has 2 N–H and O–H groups in total. The first-order chi connectivity index (χ1) is 10.5. The van der Waals surface area contributed by atoms with Crippen molar-refractivity contribution in [3.63, 3.8) is 0 Å². The van der Waals surface area contributed by atoms with Crippen molar-refractivity contribution in [2.45, 2.75) is 6.42 Å². The van der Waals surface area contributed by atoms with E-state index < -0.39 is 5.97 Å². The molecule has 22 heavy (non-hydrogen) atoms. The molecule has 0 aliphatic carbocycles. The lowest BCUT2D eigenvalue weighted by molar-refractivity contribution is -0.120. The van der Waals surface area contributed by atoms with Crippen LogP contribution in [-0.2, 0) is 4.79 Å². The predicted octanol–water partition coefficient (Wildman–Crippen LogP) is 1.61. The molecule has 0 atom stereocenters. The van der Waals surface area contributed by atoms with Crippen LogP contribution in [0.5, 0.6) is 0 Å². The van der Waals surface area contributed by atoms with Gasteiger partial charge < -0.3 is 19.8 Å². The standard InChI is InChI=1S/C15H17N3O4/c1-16-11(19)8-9-18(2)14-12(15(20)21)13(22-17-14)10-6-4-3-5-7-10/h3-7H,8-9H2,1-2H3,(H,16,19)(H,20,21). The zero-order valence-electron chi connectivity index (χ0n) is 12.4. The molecule has 0 aliphatic rings. The Kier molecular flexibility index (Phi) is 4.77. The van der Waals surface area contributed by atoms with E-state index in [1.807, 2.05) is 6.07 Å². The van der Waals surface area contributed by atoms with Gasteiger partial charge >= 0.3 is 5.97 Å². The lowest BCUT2D eigenvalue weighted by atomic mass is 10.1. The van der Waals surface area contributed by atoms with Crippen LogP contribution in [-0.4, -0.2) is 42.8 Å².